The molecule has 9 aromatic carbocycles. The van der Waals surface area contributed by atoms with Gasteiger partial charge in [0.25, 0.3) is 0 Å². The van der Waals surface area contributed by atoms with Gasteiger partial charge in [0, 0.05) is 59.0 Å². The van der Waals surface area contributed by atoms with Crippen molar-refractivity contribution in [1.29, 1.82) is 0 Å². The first kappa shape index (κ1) is 34.8. The Morgan fingerprint density at radius 3 is 1.83 bits per heavy atom. The van der Waals surface area contributed by atoms with Crippen LogP contribution in [0.4, 0.5) is 17.1 Å². The SMILES string of the molecule is CC1(C)c2ccccc2-c2ccc(N(c3ccc(-c4ccccc4)cc3)c3ccc(-c4cc(-c5cccc6c5sc5ccccc56)cc5c4oc4ccccc45)cc3)cc21. The topological polar surface area (TPSA) is 16.4 Å². The van der Waals surface area contributed by atoms with E-state index >= 15 is 0 Å². The van der Waals surface area contributed by atoms with E-state index in [0.29, 0.717) is 0 Å². The highest BCUT2D eigenvalue weighted by Crippen LogP contribution is 2.51. The van der Waals surface area contributed by atoms with Gasteiger partial charge in [-0.05, 0) is 111 Å². The van der Waals surface area contributed by atoms with Crippen LogP contribution in [-0.4, -0.2) is 0 Å². The zero-order chi connectivity index (χ0) is 40.0. The molecular weight excluding hydrogens is 747 g/mol. The van der Waals surface area contributed by atoms with Gasteiger partial charge in [-0.15, -0.1) is 11.3 Å². The summed E-state index contributed by atoms with van der Waals surface area (Å²) in [5, 5.41) is 4.86. The highest BCUT2D eigenvalue weighted by molar-refractivity contribution is 7.26. The van der Waals surface area contributed by atoms with Crippen molar-refractivity contribution in [2.45, 2.75) is 19.3 Å². The van der Waals surface area contributed by atoms with Gasteiger partial charge in [-0.25, -0.2) is 0 Å². The molecule has 1 aliphatic rings. The molecule has 2 nitrogen and oxygen atoms in total. The fourth-order valence-electron chi connectivity index (χ4n) is 9.67. The van der Waals surface area contributed by atoms with E-state index in [-0.39, 0.29) is 5.41 Å². The third kappa shape index (κ3) is 5.40. The summed E-state index contributed by atoms with van der Waals surface area (Å²) in [6, 6.07) is 73.0. The van der Waals surface area contributed by atoms with E-state index in [1.165, 1.54) is 64.7 Å². The predicted molar refractivity (Wildman–Crippen MR) is 255 cm³/mol. The third-order valence-corrected chi connectivity index (χ3v) is 13.9. The number of nitrogens with zero attached hydrogens (tertiary/aromatic N) is 1. The molecule has 0 atom stereocenters. The van der Waals surface area contributed by atoms with Crippen LogP contribution in [0.15, 0.2) is 205 Å². The van der Waals surface area contributed by atoms with E-state index in [0.717, 1.165) is 50.1 Å². The molecule has 0 fully saturated rings. The van der Waals surface area contributed by atoms with Crippen LogP contribution >= 0.6 is 11.3 Å². The van der Waals surface area contributed by atoms with E-state index < -0.39 is 0 Å². The summed E-state index contributed by atoms with van der Waals surface area (Å²) in [7, 11) is 0. The summed E-state index contributed by atoms with van der Waals surface area (Å²) >= 11 is 1.87. The first-order valence-electron chi connectivity index (χ1n) is 20.7. The van der Waals surface area contributed by atoms with Crippen molar-refractivity contribution in [1.82, 2.24) is 0 Å². The van der Waals surface area contributed by atoms with Crippen LogP contribution in [0, 0.1) is 0 Å². The smallest absolute Gasteiger partial charge is 0.143 e. The van der Waals surface area contributed by atoms with Crippen molar-refractivity contribution in [2.24, 2.45) is 0 Å². The maximum Gasteiger partial charge on any atom is 0.143 e. The second kappa shape index (κ2) is 13.4. The van der Waals surface area contributed by atoms with Crippen molar-refractivity contribution in [3.05, 3.63) is 211 Å². The predicted octanol–water partition coefficient (Wildman–Crippen LogP) is 16.7. The molecule has 1 aliphatic carbocycles. The molecule has 0 spiro atoms. The largest absolute Gasteiger partial charge is 0.455 e. The number of hydrogen-bond acceptors (Lipinski definition) is 3. The van der Waals surface area contributed by atoms with Gasteiger partial charge in [-0.1, -0.05) is 153 Å². The normalized spacial score (nSPS) is 13.0. The van der Waals surface area contributed by atoms with Gasteiger partial charge in [0.05, 0.1) is 0 Å². The average Bonchev–Trinajstić information content (AvgIpc) is 3.95. The minimum absolute atomic E-state index is 0.113. The van der Waals surface area contributed by atoms with Crippen LogP contribution in [0.1, 0.15) is 25.0 Å². The van der Waals surface area contributed by atoms with Crippen molar-refractivity contribution < 1.29 is 4.42 Å². The number of fused-ring (bicyclic) bond motifs is 9. The molecule has 3 heteroatoms. The van der Waals surface area contributed by atoms with Crippen molar-refractivity contribution >= 4 is 70.5 Å². The molecule has 0 N–H and O–H groups in total. The summed E-state index contributed by atoms with van der Waals surface area (Å²) < 4.78 is 9.32. The van der Waals surface area contributed by atoms with Crippen LogP contribution in [0.2, 0.25) is 0 Å². The lowest BCUT2D eigenvalue weighted by Gasteiger charge is -2.28. The molecule has 12 rings (SSSR count). The fourth-order valence-corrected chi connectivity index (χ4v) is 10.9. The van der Waals surface area contributed by atoms with Gasteiger partial charge in [0.2, 0.25) is 0 Å². The molecule has 2 heterocycles. The Morgan fingerprint density at radius 2 is 1.02 bits per heavy atom. The number of para-hydroxylation sites is 1. The number of benzene rings is 9. The number of hydrogen-bond donors (Lipinski definition) is 0. The van der Waals surface area contributed by atoms with E-state index in [4.69, 9.17) is 4.42 Å². The average molecular weight is 786 g/mol. The Hall–Kier alpha value is -7.20. The summed E-state index contributed by atoms with van der Waals surface area (Å²) in [5.41, 5.74) is 17.4. The molecule has 0 bridgehead atoms. The minimum atomic E-state index is -0.113. The molecule has 0 radical (unpaired) electrons. The Morgan fingerprint density at radius 1 is 0.400 bits per heavy atom. The highest BCUT2D eigenvalue weighted by Gasteiger charge is 2.35. The van der Waals surface area contributed by atoms with Gasteiger partial charge in [-0.3, -0.25) is 0 Å². The lowest BCUT2D eigenvalue weighted by atomic mass is 9.82. The monoisotopic (exact) mass is 785 g/mol. The van der Waals surface area contributed by atoms with E-state index in [1.54, 1.807) is 0 Å². The van der Waals surface area contributed by atoms with Crippen LogP contribution in [-0.2, 0) is 5.41 Å². The quantitative estimate of drug-likeness (QED) is 0.167. The third-order valence-electron chi connectivity index (χ3n) is 12.7. The number of rotatable bonds is 6. The Balaban J connectivity index is 1.01. The second-order valence-corrected chi connectivity index (χ2v) is 17.5. The van der Waals surface area contributed by atoms with Gasteiger partial charge >= 0.3 is 0 Å². The van der Waals surface area contributed by atoms with Crippen LogP contribution < -0.4 is 4.90 Å². The van der Waals surface area contributed by atoms with Gasteiger partial charge in [0.1, 0.15) is 11.2 Å². The second-order valence-electron chi connectivity index (χ2n) is 16.5. The van der Waals surface area contributed by atoms with Gasteiger partial charge in [0.15, 0.2) is 0 Å². The minimum Gasteiger partial charge on any atom is -0.455 e. The Bertz CT molecular complexity index is 3440. The van der Waals surface area contributed by atoms with Crippen LogP contribution in [0.25, 0.3) is 86.6 Å². The number of furan rings is 1. The zero-order valence-electron chi connectivity index (χ0n) is 33.3. The molecule has 60 heavy (non-hydrogen) atoms. The van der Waals surface area contributed by atoms with Crippen LogP contribution in [0.5, 0.6) is 0 Å². The summed E-state index contributed by atoms with van der Waals surface area (Å²) in [6.45, 7) is 4.70. The molecule has 0 unspecified atom stereocenters. The molecular formula is C57H39NOS. The molecule has 2 aromatic heterocycles. The fraction of sp³-hybridized carbons (Fsp3) is 0.0526. The molecule has 0 saturated heterocycles. The van der Waals surface area contributed by atoms with Crippen molar-refractivity contribution in [3.63, 3.8) is 0 Å². The van der Waals surface area contributed by atoms with E-state index in [2.05, 4.69) is 219 Å². The maximum atomic E-state index is 6.71. The van der Waals surface area contributed by atoms with Crippen molar-refractivity contribution in [2.75, 3.05) is 4.90 Å². The van der Waals surface area contributed by atoms with E-state index in [9.17, 15) is 0 Å². The lowest BCUT2D eigenvalue weighted by Crippen LogP contribution is -2.16. The molecule has 0 aliphatic heterocycles. The summed E-state index contributed by atoms with van der Waals surface area (Å²) in [4.78, 5) is 2.40. The molecule has 0 saturated carbocycles. The number of thiophene rings is 1. The Kier molecular flexibility index (Phi) is 7.79. The van der Waals surface area contributed by atoms with Gasteiger partial charge in [-0.2, -0.15) is 0 Å². The standard InChI is InChI=1S/C57H39NOS/c1-57(2)51-20-9-6-15-44(51)45-32-31-42(35-52(45)57)58(40-27-23-37(24-28-40)36-13-4-3-5-14-36)41-29-25-38(26-30-41)49-33-39(34-50-46-16-7-10-21-53(46)59-55(49)50)43-18-12-19-48-47-17-8-11-22-54(47)60-56(43)48/h3-35H,1-2H3. The van der Waals surface area contributed by atoms with E-state index in [1.807, 2.05) is 11.3 Å². The van der Waals surface area contributed by atoms with Crippen molar-refractivity contribution in [3.8, 4) is 44.5 Å². The lowest BCUT2D eigenvalue weighted by molar-refractivity contribution is 0.660. The number of anilines is 3. The summed E-state index contributed by atoms with van der Waals surface area (Å²) in [5.74, 6) is 0. The maximum absolute atomic E-state index is 6.71. The molecule has 11 aromatic rings. The summed E-state index contributed by atoms with van der Waals surface area (Å²) in [6.07, 6.45) is 0. The first-order chi connectivity index (χ1) is 29.5. The Labute approximate surface area is 353 Å². The molecule has 0 amide bonds. The highest BCUT2D eigenvalue weighted by atomic mass is 32.1. The first-order valence-corrected chi connectivity index (χ1v) is 21.5. The van der Waals surface area contributed by atoms with Crippen LogP contribution in [0.3, 0.4) is 0 Å². The van der Waals surface area contributed by atoms with Gasteiger partial charge < -0.3 is 9.32 Å². The zero-order valence-corrected chi connectivity index (χ0v) is 34.1. The molecule has 284 valence electrons.